The van der Waals surface area contributed by atoms with E-state index in [1.165, 1.54) is 12.2 Å². The van der Waals surface area contributed by atoms with E-state index in [1.807, 2.05) is 4.90 Å². The quantitative estimate of drug-likeness (QED) is 0.577. The molecule has 1 saturated heterocycles. The van der Waals surface area contributed by atoms with Gasteiger partial charge in [0.15, 0.2) is 5.78 Å². The molecule has 0 radical (unpaired) electrons. The molecular weight excluding hydrogens is 230 g/mol. The Labute approximate surface area is 97.2 Å². The number of hydrogen-bond acceptors (Lipinski definition) is 3. The fourth-order valence-electron chi connectivity index (χ4n) is 3.01. The summed E-state index contributed by atoms with van der Waals surface area (Å²) >= 11 is 5.79. The van der Waals surface area contributed by atoms with Crippen LogP contribution in [0.5, 0.6) is 0 Å². The summed E-state index contributed by atoms with van der Waals surface area (Å²) in [6.45, 7) is 0.757. The number of hydrogen-bond donors (Lipinski definition) is 1. The Balaban J connectivity index is 2.09. The molecule has 16 heavy (non-hydrogen) atoms. The number of carboxylic acid groups (broad SMARTS) is 1. The molecule has 2 unspecified atom stereocenters. The lowest BCUT2D eigenvalue weighted by Gasteiger charge is -2.26. The maximum Gasteiger partial charge on any atom is 0.332 e. The van der Waals surface area contributed by atoms with E-state index < -0.39 is 11.4 Å². The van der Waals surface area contributed by atoms with E-state index in [0.29, 0.717) is 11.9 Å². The third kappa shape index (κ3) is 1.00. The van der Waals surface area contributed by atoms with Gasteiger partial charge in [-0.2, -0.15) is 0 Å². The van der Waals surface area contributed by atoms with Crippen LogP contribution in [0.25, 0.3) is 0 Å². The van der Waals surface area contributed by atoms with Gasteiger partial charge in [0.25, 0.3) is 0 Å². The summed E-state index contributed by atoms with van der Waals surface area (Å²) in [6.07, 6.45) is 3.61. The monoisotopic (exact) mass is 239 g/mol. The van der Waals surface area contributed by atoms with Crippen molar-refractivity contribution in [1.82, 2.24) is 4.90 Å². The second-order valence-electron chi connectivity index (χ2n) is 4.51. The van der Waals surface area contributed by atoms with Gasteiger partial charge in [-0.1, -0.05) is 0 Å². The van der Waals surface area contributed by atoms with E-state index in [2.05, 4.69) is 0 Å². The minimum absolute atomic E-state index is 0.243. The number of halogens is 1. The fourth-order valence-corrected chi connectivity index (χ4v) is 3.24. The number of allylic oxidation sites excluding steroid dienone is 3. The highest BCUT2D eigenvalue weighted by Crippen LogP contribution is 2.68. The SMILES string of the molecule is O=C1C=C(C(=O)O)C23CC2CN(CCl)C3=C1. The lowest BCUT2D eigenvalue weighted by Crippen LogP contribution is -2.28. The molecule has 3 rings (SSSR count). The van der Waals surface area contributed by atoms with E-state index in [9.17, 15) is 9.59 Å². The van der Waals surface area contributed by atoms with Crippen LogP contribution in [0.2, 0.25) is 0 Å². The molecule has 1 aliphatic heterocycles. The van der Waals surface area contributed by atoms with E-state index >= 15 is 0 Å². The van der Waals surface area contributed by atoms with Gasteiger partial charge >= 0.3 is 5.97 Å². The number of likely N-dealkylation sites (tertiary alicyclic amines) is 1. The number of rotatable bonds is 2. The van der Waals surface area contributed by atoms with Crippen molar-refractivity contribution >= 4 is 23.4 Å². The van der Waals surface area contributed by atoms with Crippen molar-refractivity contribution in [3.63, 3.8) is 0 Å². The minimum atomic E-state index is -0.988. The number of nitrogens with zero attached hydrogens (tertiary/aromatic N) is 1. The molecule has 1 spiro atoms. The van der Waals surface area contributed by atoms with Crippen LogP contribution in [0.1, 0.15) is 6.42 Å². The number of carboxylic acids is 1. The zero-order valence-electron chi connectivity index (χ0n) is 8.44. The lowest BCUT2D eigenvalue weighted by molar-refractivity contribution is -0.133. The first-order valence-corrected chi connectivity index (χ1v) is 5.65. The number of alkyl halides is 1. The zero-order valence-corrected chi connectivity index (χ0v) is 9.20. The van der Waals surface area contributed by atoms with Crippen molar-refractivity contribution in [1.29, 1.82) is 0 Å². The van der Waals surface area contributed by atoms with Crippen LogP contribution < -0.4 is 0 Å². The van der Waals surface area contributed by atoms with Gasteiger partial charge in [-0.15, -0.1) is 11.6 Å². The van der Waals surface area contributed by atoms with Gasteiger partial charge in [-0.05, 0) is 18.4 Å². The number of piperidine rings is 1. The molecule has 4 nitrogen and oxygen atoms in total. The van der Waals surface area contributed by atoms with Gasteiger partial charge in [0.1, 0.15) is 0 Å². The third-order valence-corrected chi connectivity index (χ3v) is 4.05. The summed E-state index contributed by atoms with van der Waals surface area (Å²) < 4.78 is 0. The first kappa shape index (κ1) is 9.90. The topological polar surface area (TPSA) is 57.6 Å². The molecule has 2 aliphatic carbocycles. The molecule has 1 saturated carbocycles. The molecule has 84 valence electrons. The molecule has 1 heterocycles. The smallest absolute Gasteiger partial charge is 0.332 e. The van der Waals surface area contributed by atoms with Crippen molar-refractivity contribution in [3.05, 3.63) is 23.4 Å². The molecule has 1 N–H and O–H groups in total. The first-order valence-electron chi connectivity index (χ1n) is 5.12. The molecule has 3 aliphatic rings. The normalized spacial score (nSPS) is 35.2. The van der Waals surface area contributed by atoms with Crippen molar-refractivity contribution in [3.8, 4) is 0 Å². The van der Waals surface area contributed by atoms with Crippen LogP contribution in [0.4, 0.5) is 0 Å². The van der Waals surface area contributed by atoms with E-state index in [-0.39, 0.29) is 11.4 Å². The number of aliphatic carboxylic acids is 1. The average molecular weight is 240 g/mol. The van der Waals surface area contributed by atoms with Crippen molar-refractivity contribution < 1.29 is 14.7 Å². The molecular formula is C11H10ClNO3. The fraction of sp³-hybridized carbons (Fsp3) is 0.455. The maximum absolute atomic E-state index is 11.5. The van der Waals surface area contributed by atoms with Crippen molar-refractivity contribution in [2.24, 2.45) is 11.3 Å². The first-order chi connectivity index (χ1) is 7.59. The summed E-state index contributed by atoms with van der Waals surface area (Å²) in [6, 6.07) is 0.310. The van der Waals surface area contributed by atoms with Gasteiger partial charge in [-0.25, -0.2) is 4.79 Å². The molecule has 2 atom stereocenters. The van der Waals surface area contributed by atoms with Crippen LogP contribution in [0.15, 0.2) is 23.4 Å². The summed E-state index contributed by atoms with van der Waals surface area (Å²) in [5.74, 6) is -0.925. The number of ketones is 1. The Morgan fingerprint density at radius 1 is 1.62 bits per heavy atom. The Bertz CT molecular complexity index is 468. The predicted octanol–water partition coefficient (Wildman–Crippen LogP) is 0.982. The van der Waals surface area contributed by atoms with Crippen LogP contribution >= 0.6 is 11.6 Å². The highest BCUT2D eigenvalue weighted by Gasteiger charge is 2.67. The molecule has 0 amide bonds. The van der Waals surface area contributed by atoms with Crippen molar-refractivity contribution in [2.75, 3.05) is 12.5 Å². The number of carbonyl (C=O) groups excluding carboxylic acids is 1. The largest absolute Gasteiger partial charge is 0.478 e. The van der Waals surface area contributed by atoms with Gasteiger partial charge < -0.3 is 10.0 Å². The molecule has 0 bridgehead atoms. The van der Waals surface area contributed by atoms with Crippen molar-refractivity contribution in [2.45, 2.75) is 6.42 Å². The summed E-state index contributed by atoms with van der Waals surface area (Å²) in [5.41, 5.74) is 0.638. The lowest BCUT2D eigenvalue weighted by atomic mass is 9.86. The van der Waals surface area contributed by atoms with Gasteiger partial charge in [0.2, 0.25) is 0 Å². The Kier molecular flexibility index (Phi) is 1.79. The zero-order chi connectivity index (χ0) is 11.5. The molecule has 0 aromatic carbocycles. The van der Waals surface area contributed by atoms with E-state index in [4.69, 9.17) is 16.7 Å². The van der Waals surface area contributed by atoms with Crippen LogP contribution in [-0.4, -0.2) is 34.3 Å². The van der Waals surface area contributed by atoms with Gasteiger partial charge in [0, 0.05) is 23.7 Å². The Hall–Kier alpha value is -1.29. The summed E-state index contributed by atoms with van der Waals surface area (Å²) in [4.78, 5) is 24.5. The standard InChI is InChI=1S/C11H10ClNO3/c12-5-13-4-6-3-11(6)8(10(15)16)1-7(14)2-9(11)13/h1-2,6H,3-5H2,(H,15,16). The Morgan fingerprint density at radius 2 is 2.38 bits per heavy atom. The Morgan fingerprint density at radius 3 is 3.00 bits per heavy atom. The van der Waals surface area contributed by atoms with Gasteiger partial charge in [0.05, 0.1) is 11.6 Å². The predicted molar refractivity (Wildman–Crippen MR) is 56.8 cm³/mol. The van der Waals surface area contributed by atoms with E-state index in [0.717, 1.165) is 18.7 Å². The average Bonchev–Trinajstić information content (AvgIpc) is 2.85. The highest BCUT2D eigenvalue weighted by molar-refractivity contribution is 6.18. The van der Waals surface area contributed by atoms with Crippen LogP contribution in [0, 0.1) is 11.3 Å². The second-order valence-corrected chi connectivity index (χ2v) is 4.75. The minimum Gasteiger partial charge on any atom is -0.478 e. The molecule has 5 heteroatoms. The van der Waals surface area contributed by atoms with E-state index in [1.54, 1.807) is 0 Å². The molecule has 0 aromatic rings. The highest BCUT2D eigenvalue weighted by atomic mass is 35.5. The molecule has 2 fully saturated rings. The number of carbonyl (C=O) groups is 2. The van der Waals surface area contributed by atoms with Crippen LogP contribution in [-0.2, 0) is 9.59 Å². The third-order valence-electron chi connectivity index (χ3n) is 3.76. The summed E-state index contributed by atoms with van der Waals surface area (Å²) in [7, 11) is 0. The maximum atomic E-state index is 11.5. The van der Waals surface area contributed by atoms with Crippen LogP contribution in [0.3, 0.4) is 0 Å². The summed E-state index contributed by atoms with van der Waals surface area (Å²) in [5, 5.41) is 9.15. The second kappa shape index (κ2) is 2.88. The molecule has 0 aromatic heterocycles. The van der Waals surface area contributed by atoms with Gasteiger partial charge in [-0.3, -0.25) is 4.79 Å².